The highest BCUT2D eigenvalue weighted by Gasteiger charge is 2.30. The molecule has 0 saturated carbocycles. The van der Waals surface area contributed by atoms with E-state index in [0.717, 1.165) is 6.42 Å². The minimum atomic E-state index is -0.324. The van der Waals surface area contributed by atoms with E-state index in [0.29, 0.717) is 12.5 Å². The summed E-state index contributed by atoms with van der Waals surface area (Å²) in [6, 6.07) is 10.1. The van der Waals surface area contributed by atoms with Crippen LogP contribution in [0.15, 0.2) is 30.3 Å². The average Bonchev–Trinajstić information content (AvgIpc) is 2.35. The van der Waals surface area contributed by atoms with Crippen LogP contribution in [0.1, 0.15) is 40.2 Å². The van der Waals surface area contributed by atoms with Crippen LogP contribution in [0.5, 0.6) is 0 Å². The Bertz CT molecular complexity index is 407. The van der Waals surface area contributed by atoms with Crippen LogP contribution in [0, 0.1) is 11.3 Å². The Labute approximate surface area is 122 Å². The first kappa shape index (κ1) is 16.5. The predicted octanol–water partition coefficient (Wildman–Crippen LogP) is 4.03. The summed E-state index contributed by atoms with van der Waals surface area (Å²) in [5.74, 6) is 0.301. The van der Waals surface area contributed by atoms with Gasteiger partial charge >= 0.3 is 6.09 Å². The molecule has 1 aromatic rings. The summed E-state index contributed by atoms with van der Waals surface area (Å²) in [5, 5.41) is 2.83. The number of nitrogens with one attached hydrogen (secondary N) is 1. The van der Waals surface area contributed by atoms with Gasteiger partial charge in [-0.3, -0.25) is 0 Å². The molecule has 0 aliphatic rings. The molecular formula is C17H27NO2. The van der Waals surface area contributed by atoms with E-state index in [9.17, 15) is 4.79 Å². The summed E-state index contributed by atoms with van der Waals surface area (Å²) in [4.78, 5) is 11.9. The lowest BCUT2D eigenvalue weighted by Gasteiger charge is -2.33. The third-order valence-electron chi connectivity index (χ3n) is 3.22. The van der Waals surface area contributed by atoms with Gasteiger partial charge in [0.15, 0.2) is 0 Å². The molecule has 0 heterocycles. The Kier molecular flexibility index (Phi) is 6.05. The first-order chi connectivity index (χ1) is 9.30. The summed E-state index contributed by atoms with van der Waals surface area (Å²) >= 11 is 0. The van der Waals surface area contributed by atoms with Gasteiger partial charge in [0.25, 0.3) is 0 Å². The standard InChI is InChI=1S/C17H27NO2/c1-13(2)15(17(3,4)5)20-16(19)18-12-11-14-9-7-6-8-10-14/h6-10,13,15H,11-12H2,1-5H3,(H,18,19). The maximum Gasteiger partial charge on any atom is 0.407 e. The Morgan fingerprint density at radius 1 is 1.20 bits per heavy atom. The van der Waals surface area contributed by atoms with Gasteiger partial charge in [0, 0.05) is 6.54 Å². The largest absolute Gasteiger partial charge is 0.445 e. The molecular weight excluding hydrogens is 250 g/mol. The van der Waals surface area contributed by atoms with E-state index in [4.69, 9.17) is 4.74 Å². The maximum atomic E-state index is 11.9. The van der Waals surface area contributed by atoms with Crippen molar-refractivity contribution in [2.45, 2.75) is 47.1 Å². The van der Waals surface area contributed by atoms with Crippen molar-refractivity contribution < 1.29 is 9.53 Å². The van der Waals surface area contributed by atoms with Gasteiger partial charge in [-0.2, -0.15) is 0 Å². The maximum absolute atomic E-state index is 11.9. The Morgan fingerprint density at radius 2 is 1.80 bits per heavy atom. The normalized spacial score (nSPS) is 13.1. The molecule has 0 bridgehead atoms. The topological polar surface area (TPSA) is 38.3 Å². The van der Waals surface area contributed by atoms with Crippen molar-refractivity contribution in [1.82, 2.24) is 5.32 Å². The molecule has 1 atom stereocenters. The first-order valence-corrected chi connectivity index (χ1v) is 7.29. The molecule has 112 valence electrons. The van der Waals surface area contributed by atoms with E-state index >= 15 is 0 Å². The highest BCUT2D eigenvalue weighted by Crippen LogP contribution is 2.28. The highest BCUT2D eigenvalue weighted by atomic mass is 16.6. The molecule has 0 fully saturated rings. The van der Waals surface area contributed by atoms with E-state index < -0.39 is 0 Å². The number of rotatable bonds is 5. The number of carbonyl (C=O) groups is 1. The van der Waals surface area contributed by atoms with Crippen LogP contribution in [-0.2, 0) is 11.2 Å². The average molecular weight is 277 g/mol. The molecule has 3 heteroatoms. The number of ether oxygens (including phenoxy) is 1. The van der Waals surface area contributed by atoms with E-state index in [1.165, 1.54) is 5.56 Å². The number of carbonyl (C=O) groups excluding carboxylic acids is 1. The number of alkyl carbamates (subject to hydrolysis) is 1. The van der Waals surface area contributed by atoms with Crippen molar-refractivity contribution in [3.8, 4) is 0 Å². The van der Waals surface area contributed by atoms with Crippen LogP contribution in [-0.4, -0.2) is 18.7 Å². The van der Waals surface area contributed by atoms with Gasteiger partial charge in [-0.25, -0.2) is 4.79 Å². The zero-order chi connectivity index (χ0) is 15.2. The number of benzene rings is 1. The second-order valence-corrected chi connectivity index (χ2v) is 6.60. The van der Waals surface area contributed by atoms with Gasteiger partial charge in [0.1, 0.15) is 6.10 Å². The Morgan fingerprint density at radius 3 is 2.30 bits per heavy atom. The summed E-state index contributed by atoms with van der Waals surface area (Å²) in [6.07, 6.45) is 0.409. The van der Waals surface area contributed by atoms with Gasteiger partial charge in [-0.05, 0) is 23.3 Å². The monoisotopic (exact) mass is 277 g/mol. The molecule has 1 rings (SSSR count). The molecule has 1 aromatic carbocycles. The molecule has 0 radical (unpaired) electrons. The van der Waals surface area contributed by atoms with Crippen molar-refractivity contribution >= 4 is 6.09 Å². The van der Waals surface area contributed by atoms with Gasteiger partial charge in [-0.15, -0.1) is 0 Å². The number of amides is 1. The fraction of sp³-hybridized carbons (Fsp3) is 0.588. The van der Waals surface area contributed by atoms with Gasteiger partial charge in [-0.1, -0.05) is 65.0 Å². The number of hydrogen-bond acceptors (Lipinski definition) is 2. The lowest BCUT2D eigenvalue weighted by molar-refractivity contribution is 0.00211. The summed E-state index contributed by atoms with van der Waals surface area (Å²) < 4.78 is 5.56. The van der Waals surface area contributed by atoms with Crippen LogP contribution < -0.4 is 5.32 Å². The lowest BCUT2D eigenvalue weighted by atomic mass is 9.82. The van der Waals surface area contributed by atoms with Gasteiger partial charge < -0.3 is 10.1 Å². The second-order valence-electron chi connectivity index (χ2n) is 6.60. The minimum absolute atomic E-state index is 0.0507. The fourth-order valence-corrected chi connectivity index (χ4v) is 2.42. The van der Waals surface area contributed by atoms with E-state index in [1.807, 2.05) is 18.2 Å². The van der Waals surface area contributed by atoms with Crippen LogP contribution in [0.4, 0.5) is 4.79 Å². The molecule has 0 aliphatic heterocycles. The molecule has 20 heavy (non-hydrogen) atoms. The fourth-order valence-electron chi connectivity index (χ4n) is 2.42. The Balaban J connectivity index is 2.39. The third kappa shape index (κ3) is 5.64. The first-order valence-electron chi connectivity index (χ1n) is 7.29. The molecule has 3 nitrogen and oxygen atoms in total. The van der Waals surface area contributed by atoms with E-state index in [1.54, 1.807) is 0 Å². The van der Waals surface area contributed by atoms with Crippen LogP contribution in [0.3, 0.4) is 0 Å². The highest BCUT2D eigenvalue weighted by molar-refractivity contribution is 5.67. The van der Waals surface area contributed by atoms with Crippen molar-refractivity contribution in [1.29, 1.82) is 0 Å². The van der Waals surface area contributed by atoms with E-state index in [2.05, 4.69) is 52.1 Å². The molecule has 0 aromatic heterocycles. The van der Waals surface area contributed by atoms with Crippen molar-refractivity contribution in [3.05, 3.63) is 35.9 Å². The third-order valence-corrected chi connectivity index (χ3v) is 3.22. The molecule has 0 saturated heterocycles. The van der Waals surface area contributed by atoms with Gasteiger partial charge in [0.05, 0.1) is 0 Å². The summed E-state index contributed by atoms with van der Waals surface area (Å²) in [7, 11) is 0. The second kappa shape index (κ2) is 7.32. The van der Waals surface area contributed by atoms with Crippen molar-refractivity contribution in [2.24, 2.45) is 11.3 Å². The summed E-state index contributed by atoms with van der Waals surface area (Å²) in [5.41, 5.74) is 1.16. The smallest absolute Gasteiger partial charge is 0.407 e. The van der Waals surface area contributed by atoms with Crippen LogP contribution in [0.2, 0.25) is 0 Å². The van der Waals surface area contributed by atoms with Crippen LogP contribution in [0.25, 0.3) is 0 Å². The zero-order valence-corrected chi connectivity index (χ0v) is 13.3. The molecule has 0 spiro atoms. The molecule has 0 aliphatic carbocycles. The quantitative estimate of drug-likeness (QED) is 0.882. The molecule has 1 N–H and O–H groups in total. The van der Waals surface area contributed by atoms with Crippen LogP contribution >= 0.6 is 0 Å². The van der Waals surface area contributed by atoms with Crippen molar-refractivity contribution in [3.63, 3.8) is 0 Å². The predicted molar refractivity (Wildman–Crippen MR) is 82.7 cm³/mol. The lowest BCUT2D eigenvalue weighted by Crippen LogP contribution is -2.39. The molecule has 1 unspecified atom stereocenters. The molecule has 1 amide bonds. The van der Waals surface area contributed by atoms with Crippen molar-refractivity contribution in [2.75, 3.05) is 6.54 Å². The summed E-state index contributed by atoms with van der Waals surface area (Å²) in [6.45, 7) is 11.0. The number of hydrogen-bond donors (Lipinski definition) is 1. The van der Waals surface area contributed by atoms with E-state index in [-0.39, 0.29) is 17.6 Å². The Hall–Kier alpha value is -1.51. The zero-order valence-electron chi connectivity index (χ0n) is 13.3. The SMILES string of the molecule is CC(C)C(OC(=O)NCCc1ccccc1)C(C)(C)C. The van der Waals surface area contributed by atoms with Gasteiger partial charge in [0.2, 0.25) is 0 Å². The minimum Gasteiger partial charge on any atom is -0.445 e.